The molecule has 0 bridgehead atoms. The fraction of sp³-hybridized carbons (Fsp3) is 0.800. The molecule has 1 aliphatic heterocycles. The maximum Gasteiger partial charge on any atom is 0.302 e. The van der Waals surface area contributed by atoms with Crippen LogP contribution < -0.4 is 0 Å². The van der Waals surface area contributed by atoms with E-state index < -0.39 is 0 Å². The van der Waals surface area contributed by atoms with E-state index in [0.717, 1.165) is 5.71 Å². The molecule has 14 heavy (non-hydrogen) atoms. The Labute approximate surface area is 89.9 Å². The summed E-state index contributed by atoms with van der Waals surface area (Å²) in [5.41, 5.74) is 1.10. The highest BCUT2D eigenvalue weighted by molar-refractivity contribution is 8.15. The summed E-state index contributed by atoms with van der Waals surface area (Å²) >= 11 is 1.37. The molecule has 3 nitrogen and oxygen atoms in total. The number of carbonyl (C=O) groups is 1. The number of hydrogen-bond donors (Lipinski definition) is 0. The van der Waals surface area contributed by atoms with Gasteiger partial charge in [-0.25, -0.2) is 5.01 Å². The fourth-order valence-corrected chi connectivity index (χ4v) is 2.72. The molecule has 4 heteroatoms. The first-order chi connectivity index (χ1) is 6.38. The normalized spacial score (nSPS) is 21.4. The lowest BCUT2D eigenvalue weighted by Gasteiger charge is -2.35. The molecule has 1 aliphatic rings. The third-order valence-corrected chi connectivity index (χ3v) is 3.35. The van der Waals surface area contributed by atoms with Crippen molar-refractivity contribution in [2.24, 2.45) is 11.0 Å². The quantitative estimate of drug-likeness (QED) is 0.708. The SMILES string of the molecule is CCN1N=C(C(C)C)C(C)(C)SC1=O. The van der Waals surface area contributed by atoms with Crippen molar-refractivity contribution in [2.45, 2.75) is 39.4 Å². The molecule has 1 heterocycles. The van der Waals surface area contributed by atoms with Crippen LogP contribution in [0.5, 0.6) is 0 Å². The second-order valence-electron chi connectivity index (χ2n) is 4.23. The van der Waals surface area contributed by atoms with E-state index in [2.05, 4.69) is 32.8 Å². The van der Waals surface area contributed by atoms with E-state index in [9.17, 15) is 4.79 Å². The van der Waals surface area contributed by atoms with Gasteiger partial charge in [0.05, 0.1) is 10.5 Å². The third-order valence-electron chi connectivity index (χ3n) is 2.24. The predicted molar refractivity (Wildman–Crippen MR) is 61.7 cm³/mol. The molecule has 0 saturated carbocycles. The summed E-state index contributed by atoms with van der Waals surface area (Å²) in [5.74, 6) is 0.389. The maximum absolute atomic E-state index is 11.6. The van der Waals surface area contributed by atoms with Crippen LogP contribution in [0.15, 0.2) is 5.10 Å². The van der Waals surface area contributed by atoms with Crippen LogP contribution in [-0.4, -0.2) is 27.3 Å². The molecule has 1 amide bonds. The Bertz CT molecular complexity index is 271. The van der Waals surface area contributed by atoms with Crippen molar-refractivity contribution >= 4 is 22.7 Å². The molecule has 0 radical (unpaired) electrons. The van der Waals surface area contributed by atoms with E-state index in [1.807, 2.05) is 6.92 Å². The number of nitrogens with zero attached hydrogens (tertiary/aromatic N) is 2. The molecule has 0 fully saturated rings. The molecule has 0 unspecified atom stereocenters. The summed E-state index contributed by atoms with van der Waals surface area (Å²) in [6.45, 7) is 10.9. The first kappa shape index (κ1) is 11.6. The van der Waals surface area contributed by atoms with Crippen molar-refractivity contribution in [2.75, 3.05) is 6.54 Å². The van der Waals surface area contributed by atoms with E-state index in [1.165, 1.54) is 11.8 Å². The fourth-order valence-electron chi connectivity index (χ4n) is 1.63. The van der Waals surface area contributed by atoms with Gasteiger partial charge in [0.15, 0.2) is 0 Å². The van der Waals surface area contributed by atoms with Gasteiger partial charge in [-0.2, -0.15) is 5.10 Å². The standard InChI is InChI=1S/C10H18N2OS/c1-6-12-9(13)14-10(4,5)8(11-12)7(2)3/h7H,6H2,1-5H3. The molecule has 80 valence electrons. The number of thioether (sulfide) groups is 1. The molecule has 1 rings (SSSR count). The van der Waals surface area contributed by atoms with Crippen molar-refractivity contribution in [3.05, 3.63) is 0 Å². The van der Waals surface area contributed by atoms with Gasteiger partial charge in [-0.15, -0.1) is 0 Å². The summed E-state index contributed by atoms with van der Waals surface area (Å²) in [6.07, 6.45) is 0. The average molecular weight is 214 g/mol. The van der Waals surface area contributed by atoms with Crippen molar-refractivity contribution in [3.8, 4) is 0 Å². The Kier molecular flexibility index (Phi) is 3.24. The molecule has 0 saturated heterocycles. The first-order valence-electron chi connectivity index (χ1n) is 4.98. The predicted octanol–water partition coefficient (Wildman–Crippen LogP) is 2.97. The van der Waals surface area contributed by atoms with Gasteiger partial charge >= 0.3 is 5.24 Å². The lowest BCUT2D eigenvalue weighted by molar-refractivity contribution is 0.226. The zero-order valence-electron chi connectivity index (χ0n) is 9.50. The average Bonchev–Trinajstić information content (AvgIpc) is 2.01. The molecule has 0 aliphatic carbocycles. The summed E-state index contributed by atoms with van der Waals surface area (Å²) in [5, 5.41) is 6.02. The van der Waals surface area contributed by atoms with Crippen LogP contribution in [0.3, 0.4) is 0 Å². The topological polar surface area (TPSA) is 32.7 Å². The Hall–Kier alpha value is -0.510. The number of hydrogen-bond acceptors (Lipinski definition) is 3. The summed E-state index contributed by atoms with van der Waals surface area (Å²) < 4.78 is -0.156. The second kappa shape index (κ2) is 3.93. The van der Waals surface area contributed by atoms with Gasteiger partial charge in [-0.3, -0.25) is 4.79 Å². The van der Waals surface area contributed by atoms with Crippen LogP contribution in [-0.2, 0) is 0 Å². The van der Waals surface area contributed by atoms with Gasteiger partial charge in [-0.05, 0) is 26.7 Å². The molecule has 0 aromatic carbocycles. The lowest BCUT2D eigenvalue weighted by atomic mass is 9.96. The molecule has 0 spiro atoms. The van der Waals surface area contributed by atoms with Crippen molar-refractivity contribution < 1.29 is 4.79 Å². The van der Waals surface area contributed by atoms with Gasteiger partial charge in [0.25, 0.3) is 0 Å². The van der Waals surface area contributed by atoms with Crippen molar-refractivity contribution in [3.63, 3.8) is 0 Å². The molecule has 0 atom stereocenters. The Balaban J connectivity index is 3.03. The van der Waals surface area contributed by atoms with E-state index in [1.54, 1.807) is 5.01 Å². The van der Waals surface area contributed by atoms with Crippen LogP contribution in [0.2, 0.25) is 0 Å². The molecule has 0 aromatic rings. The molecular formula is C10H18N2OS. The van der Waals surface area contributed by atoms with E-state index in [-0.39, 0.29) is 9.99 Å². The van der Waals surface area contributed by atoms with Gasteiger partial charge in [0, 0.05) is 6.54 Å². The maximum atomic E-state index is 11.6. The van der Waals surface area contributed by atoms with Crippen LogP contribution in [0, 0.1) is 5.92 Å². The number of hydrazone groups is 1. The Morgan fingerprint density at radius 1 is 1.50 bits per heavy atom. The first-order valence-corrected chi connectivity index (χ1v) is 5.79. The minimum absolute atomic E-state index is 0.0573. The van der Waals surface area contributed by atoms with Crippen molar-refractivity contribution in [1.82, 2.24) is 5.01 Å². The highest BCUT2D eigenvalue weighted by Crippen LogP contribution is 2.35. The smallest absolute Gasteiger partial charge is 0.260 e. The van der Waals surface area contributed by atoms with E-state index >= 15 is 0 Å². The number of amides is 1. The van der Waals surface area contributed by atoms with Gasteiger partial charge in [-0.1, -0.05) is 25.6 Å². The van der Waals surface area contributed by atoms with Crippen molar-refractivity contribution in [1.29, 1.82) is 0 Å². The third kappa shape index (κ3) is 2.11. The molecule has 0 N–H and O–H groups in total. The minimum Gasteiger partial charge on any atom is -0.260 e. The van der Waals surface area contributed by atoms with Gasteiger partial charge in [0.1, 0.15) is 0 Å². The molecular weight excluding hydrogens is 196 g/mol. The van der Waals surface area contributed by atoms with Crippen LogP contribution in [0.1, 0.15) is 34.6 Å². The summed E-state index contributed by atoms with van der Waals surface area (Å²) in [6, 6.07) is 0. The van der Waals surface area contributed by atoms with Crippen LogP contribution in [0.25, 0.3) is 0 Å². The van der Waals surface area contributed by atoms with Crippen LogP contribution >= 0.6 is 11.8 Å². The van der Waals surface area contributed by atoms with Gasteiger partial charge < -0.3 is 0 Å². The Morgan fingerprint density at radius 2 is 2.07 bits per heavy atom. The second-order valence-corrected chi connectivity index (χ2v) is 5.81. The largest absolute Gasteiger partial charge is 0.302 e. The molecule has 0 aromatic heterocycles. The van der Waals surface area contributed by atoms with E-state index in [4.69, 9.17) is 0 Å². The Morgan fingerprint density at radius 3 is 2.50 bits per heavy atom. The summed E-state index contributed by atoms with van der Waals surface area (Å²) in [4.78, 5) is 11.6. The zero-order chi connectivity index (χ0) is 10.9. The summed E-state index contributed by atoms with van der Waals surface area (Å²) in [7, 11) is 0. The van der Waals surface area contributed by atoms with Crippen LogP contribution in [0.4, 0.5) is 4.79 Å². The minimum atomic E-state index is -0.156. The highest BCUT2D eigenvalue weighted by atomic mass is 32.2. The van der Waals surface area contributed by atoms with Gasteiger partial charge in [0.2, 0.25) is 0 Å². The lowest BCUT2D eigenvalue weighted by Crippen LogP contribution is -2.42. The highest BCUT2D eigenvalue weighted by Gasteiger charge is 2.37. The van der Waals surface area contributed by atoms with E-state index in [0.29, 0.717) is 12.5 Å². The number of rotatable bonds is 2. The monoisotopic (exact) mass is 214 g/mol. The number of carbonyl (C=O) groups excluding carboxylic acids is 1. The zero-order valence-corrected chi connectivity index (χ0v) is 10.3.